The molecule has 1 saturated carbocycles. The molecular weight excluding hydrogens is 430 g/mol. The molecule has 1 amide bonds. The van der Waals surface area contributed by atoms with E-state index in [4.69, 9.17) is 15.1 Å². The van der Waals surface area contributed by atoms with E-state index in [2.05, 4.69) is 40.1 Å². The van der Waals surface area contributed by atoms with Crippen LogP contribution in [-0.4, -0.2) is 37.4 Å². The summed E-state index contributed by atoms with van der Waals surface area (Å²) in [6.07, 6.45) is 11.2. The Labute approximate surface area is 197 Å². The van der Waals surface area contributed by atoms with E-state index >= 15 is 0 Å². The lowest BCUT2D eigenvalue weighted by Crippen LogP contribution is -2.21. The molecule has 1 aliphatic carbocycles. The first kappa shape index (κ1) is 21.9. The smallest absolute Gasteiger partial charge is 0.261 e. The van der Waals surface area contributed by atoms with Crippen LogP contribution in [0.1, 0.15) is 61.5 Å². The van der Waals surface area contributed by atoms with Crippen LogP contribution in [0.5, 0.6) is 5.75 Å². The summed E-state index contributed by atoms with van der Waals surface area (Å²) in [5.41, 5.74) is 2.44. The monoisotopic (exact) mass is 457 g/mol. The maximum Gasteiger partial charge on any atom is 0.261 e. The lowest BCUT2D eigenvalue weighted by molar-refractivity contribution is 0.102. The molecule has 0 unspecified atom stereocenters. The second-order valence-electron chi connectivity index (χ2n) is 9.27. The highest BCUT2D eigenvalue weighted by Gasteiger charge is 2.25. The van der Waals surface area contributed by atoms with Gasteiger partial charge in [-0.05, 0) is 43.6 Å². The molecule has 0 bridgehead atoms. The van der Waals surface area contributed by atoms with Gasteiger partial charge in [0, 0.05) is 23.8 Å². The Hall–Kier alpha value is -3.93. The predicted octanol–water partition coefficient (Wildman–Crippen LogP) is 4.60. The largest absolute Gasteiger partial charge is 0.494 e. The van der Waals surface area contributed by atoms with E-state index in [1.54, 1.807) is 7.11 Å². The minimum Gasteiger partial charge on any atom is -0.494 e. The molecule has 3 aromatic heterocycles. The third kappa shape index (κ3) is 3.96. The van der Waals surface area contributed by atoms with Crippen molar-refractivity contribution in [1.82, 2.24) is 24.4 Å². The molecule has 1 fully saturated rings. The highest BCUT2D eigenvalue weighted by Crippen LogP contribution is 2.37. The van der Waals surface area contributed by atoms with Crippen LogP contribution >= 0.6 is 0 Å². The fraction of sp³-hybridized carbons (Fsp3) is 0.400. The fourth-order valence-electron chi connectivity index (χ4n) is 4.84. The third-order valence-corrected chi connectivity index (χ3v) is 6.88. The summed E-state index contributed by atoms with van der Waals surface area (Å²) in [5, 5.41) is 21.9. The van der Waals surface area contributed by atoms with Crippen LogP contribution in [-0.2, 0) is 0 Å². The SMILES string of the molecule is COc1cc2nn(C3CCC(C(C)C)CC3)cc2cc1NC(=O)c1cnn2cc(C#N)cnc12. The molecule has 9 heteroatoms. The minimum absolute atomic E-state index is 0.309. The van der Waals surface area contributed by atoms with Gasteiger partial charge < -0.3 is 10.1 Å². The van der Waals surface area contributed by atoms with Gasteiger partial charge in [0.05, 0.1) is 42.3 Å². The maximum absolute atomic E-state index is 13.0. The lowest BCUT2D eigenvalue weighted by Gasteiger charge is -2.30. The van der Waals surface area contributed by atoms with Crippen LogP contribution in [0.3, 0.4) is 0 Å². The van der Waals surface area contributed by atoms with Gasteiger partial charge >= 0.3 is 0 Å². The first-order valence-corrected chi connectivity index (χ1v) is 11.6. The lowest BCUT2D eigenvalue weighted by atomic mass is 9.80. The molecule has 0 saturated heterocycles. The number of carbonyl (C=O) groups excluding carboxylic acids is 1. The molecular formula is C25H27N7O2. The molecule has 5 rings (SSSR count). The van der Waals surface area contributed by atoms with Crippen LogP contribution in [0, 0.1) is 23.2 Å². The zero-order chi connectivity index (χ0) is 23.8. The van der Waals surface area contributed by atoms with Crippen LogP contribution in [0.2, 0.25) is 0 Å². The number of anilines is 1. The van der Waals surface area contributed by atoms with Crippen LogP contribution in [0.4, 0.5) is 5.69 Å². The number of nitrogens with one attached hydrogen (secondary N) is 1. The third-order valence-electron chi connectivity index (χ3n) is 6.88. The number of carbonyl (C=O) groups is 1. The topological polar surface area (TPSA) is 110 Å². The molecule has 9 nitrogen and oxygen atoms in total. The van der Waals surface area contributed by atoms with Crippen molar-refractivity contribution in [1.29, 1.82) is 5.26 Å². The molecule has 0 radical (unpaired) electrons. The number of methoxy groups -OCH3 is 1. The molecule has 1 aliphatic rings. The molecule has 0 atom stereocenters. The first-order valence-electron chi connectivity index (χ1n) is 11.6. The Morgan fingerprint density at radius 3 is 2.71 bits per heavy atom. The average molecular weight is 458 g/mol. The van der Waals surface area contributed by atoms with E-state index in [1.165, 1.54) is 35.9 Å². The van der Waals surface area contributed by atoms with E-state index in [9.17, 15) is 4.79 Å². The molecule has 4 aromatic rings. The highest BCUT2D eigenvalue weighted by molar-refractivity contribution is 6.09. The van der Waals surface area contributed by atoms with Crippen molar-refractivity contribution in [2.75, 3.05) is 12.4 Å². The number of amides is 1. The Morgan fingerprint density at radius 1 is 1.21 bits per heavy atom. The summed E-state index contributed by atoms with van der Waals surface area (Å²) in [4.78, 5) is 17.3. The number of rotatable bonds is 5. The van der Waals surface area contributed by atoms with E-state index in [0.29, 0.717) is 34.3 Å². The van der Waals surface area contributed by atoms with Gasteiger partial charge in [-0.15, -0.1) is 0 Å². The summed E-state index contributed by atoms with van der Waals surface area (Å²) in [6, 6.07) is 6.16. The van der Waals surface area contributed by atoms with Gasteiger partial charge in [0.2, 0.25) is 0 Å². The molecule has 3 heterocycles. The van der Waals surface area contributed by atoms with Gasteiger partial charge in [0.1, 0.15) is 17.4 Å². The number of fused-ring (bicyclic) bond motifs is 2. The van der Waals surface area contributed by atoms with Crippen molar-refractivity contribution in [3.63, 3.8) is 0 Å². The standard InChI is InChI=1S/C25H27N7O2/c1-15(2)17-4-6-19(7-5-17)31-14-18-8-22(23(34-3)9-21(18)30-31)29-25(33)20-12-28-32-13-16(10-26)11-27-24(20)32/h8-9,11-15,17,19H,4-7H2,1-3H3,(H,29,33). The van der Waals surface area contributed by atoms with Gasteiger partial charge in [0.15, 0.2) is 5.65 Å². The second-order valence-corrected chi connectivity index (χ2v) is 9.27. The molecule has 174 valence electrons. The summed E-state index contributed by atoms with van der Waals surface area (Å²) >= 11 is 0. The van der Waals surface area contributed by atoms with Gasteiger partial charge in [-0.25, -0.2) is 9.50 Å². The van der Waals surface area contributed by atoms with Gasteiger partial charge in [0.25, 0.3) is 5.91 Å². The van der Waals surface area contributed by atoms with E-state index in [0.717, 1.165) is 35.6 Å². The normalized spacial score (nSPS) is 18.3. The van der Waals surface area contributed by atoms with Crippen molar-refractivity contribution in [2.45, 2.75) is 45.6 Å². The Morgan fingerprint density at radius 2 is 2.00 bits per heavy atom. The van der Waals surface area contributed by atoms with E-state index in [-0.39, 0.29) is 5.91 Å². The van der Waals surface area contributed by atoms with E-state index in [1.807, 2.05) is 18.2 Å². The molecule has 0 aliphatic heterocycles. The van der Waals surface area contributed by atoms with Crippen molar-refractivity contribution in [3.8, 4) is 11.8 Å². The predicted molar refractivity (Wildman–Crippen MR) is 128 cm³/mol. The molecule has 0 spiro atoms. The maximum atomic E-state index is 13.0. The summed E-state index contributed by atoms with van der Waals surface area (Å²) in [5.74, 6) is 1.70. The minimum atomic E-state index is -0.357. The molecule has 1 aromatic carbocycles. The number of ether oxygens (including phenoxy) is 1. The zero-order valence-electron chi connectivity index (χ0n) is 19.5. The summed E-state index contributed by atoms with van der Waals surface area (Å²) in [7, 11) is 1.57. The van der Waals surface area contributed by atoms with Crippen LogP contribution in [0.15, 0.2) is 36.9 Å². The number of benzene rings is 1. The second kappa shape index (κ2) is 8.78. The molecule has 1 N–H and O–H groups in total. The quantitative estimate of drug-likeness (QED) is 0.469. The Balaban J connectivity index is 1.40. The average Bonchev–Trinajstić information content (AvgIpc) is 3.46. The van der Waals surface area contributed by atoms with Gasteiger partial charge in [-0.3, -0.25) is 9.48 Å². The summed E-state index contributed by atoms with van der Waals surface area (Å²) in [6.45, 7) is 4.61. The number of nitrogens with zero attached hydrogens (tertiary/aromatic N) is 6. The first-order chi connectivity index (χ1) is 16.5. The summed E-state index contributed by atoms with van der Waals surface area (Å²) < 4.78 is 9.05. The van der Waals surface area contributed by atoms with Gasteiger partial charge in [-0.1, -0.05) is 13.8 Å². The van der Waals surface area contributed by atoms with Crippen molar-refractivity contribution in [3.05, 3.63) is 48.0 Å². The fourth-order valence-corrected chi connectivity index (χ4v) is 4.84. The van der Waals surface area contributed by atoms with Crippen molar-refractivity contribution >= 4 is 28.1 Å². The van der Waals surface area contributed by atoms with Gasteiger partial charge in [-0.2, -0.15) is 15.5 Å². The van der Waals surface area contributed by atoms with E-state index < -0.39 is 0 Å². The number of aromatic nitrogens is 5. The highest BCUT2D eigenvalue weighted by atomic mass is 16.5. The zero-order valence-corrected chi connectivity index (χ0v) is 19.5. The number of hydrogen-bond acceptors (Lipinski definition) is 6. The van der Waals surface area contributed by atoms with Crippen LogP contribution < -0.4 is 10.1 Å². The van der Waals surface area contributed by atoms with Crippen molar-refractivity contribution in [2.24, 2.45) is 11.8 Å². The Kier molecular flexibility index (Phi) is 5.65. The number of nitriles is 1. The van der Waals surface area contributed by atoms with Crippen molar-refractivity contribution < 1.29 is 9.53 Å². The molecule has 34 heavy (non-hydrogen) atoms. The van der Waals surface area contributed by atoms with Crippen LogP contribution in [0.25, 0.3) is 16.6 Å². The Bertz CT molecular complexity index is 1400. The number of hydrogen-bond donors (Lipinski definition) is 1.